The molecule has 0 fully saturated rings. The van der Waals surface area contributed by atoms with E-state index >= 15 is 0 Å². The van der Waals surface area contributed by atoms with Gasteiger partial charge in [-0.15, -0.1) is 0 Å². The fourth-order valence-corrected chi connectivity index (χ4v) is 1.64. The van der Waals surface area contributed by atoms with E-state index in [1.54, 1.807) is 13.8 Å². The van der Waals surface area contributed by atoms with E-state index in [1.165, 1.54) is 6.92 Å². The predicted octanol–water partition coefficient (Wildman–Crippen LogP) is 0.491. The third-order valence-electron chi connectivity index (χ3n) is 1.54. The molecular formula is C9H15NO4S. The largest absolute Gasteiger partial charge is 0.480 e. The van der Waals surface area contributed by atoms with E-state index < -0.39 is 17.9 Å². The van der Waals surface area contributed by atoms with Gasteiger partial charge in [0.25, 0.3) is 0 Å². The van der Waals surface area contributed by atoms with Gasteiger partial charge in [0.15, 0.2) is 5.12 Å². The molecular weight excluding hydrogens is 218 g/mol. The van der Waals surface area contributed by atoms with Crippen LogP contribution < -0.4 is 5.32 Å². The van der Waals surface area contributed by atoms with E-state index in [0.29, 0.717) is 0 Å². The number of carbonyl (C=O) groups excluding carboxylic acids is 2. The van der Waals surface area contributed by atoms with Crippen LogP contribution in [-0.4, -0.2) is 33.9 Å². The van der Waals surface area contributed by atoms with Gasteiger partial charge in [-0.25, -0.2) is 4.79 Å². The van der Waals surface area contributed by atoms with Gasteiger partial charge in [-0.05, 0) is 0 Å². The second kappa shape index (κ2) is 6.44. The molecule has 0 bridgehead atoms. The first-order chi connectivity index (χ1) is 6.84. The number of thioether (sulfide) groups is 1. The fourth-order valence-electron chi connectivity index (χ4n) is 0.752. The lowest BCUT2D eigenvalue weighted by atomic mass is 10.3. The van der Waals surface area contributed by atoms with Crippen molar-refractivity contribution in [1.82, 2.24) is 5.32 Å². The number of rotatable bonds is 5. The maximum Gasteiger partial charge on any atom is 0.327 e. The van der Waals surface area contributed by atoms with Crippen LogP contribution in [0.2, 0.25) is 0 Å². The summed E-state index contributed by atoms with van der Waals surface area (Å²) in [6.07, 6.45) is 0. The molecule has 0 saturated heterocycles. The minimum atomic E-state index is -1.13. The van der Waals surface area contributed by atoms with Gasteiger partial charge in [0, 0.05) is 18.6 Å². The van der Waals surface area contributed by atoms with Crippen LogP contribution in [0.15, 0.2) is 0 Å². The standard InChI is InChI=1S/C9H15NO4S/c1-5(2)9(14)15-4-7(8(12)13)10-6(3)11/h5,7H,4H2,1-3H3,(H,10,11)(H,12,13). The van der Waals surface area contributed by atoms with Crippen LogP contribution in [0.4, 0.5) is 0 Å². The Kier molecular flexibility index (Phi) is 6.00. The summed E-state index contributed by atoms with van der Waals surface area (Å²) in [4.78, 5) is 32.6. The van der Waals surface area contributed by atoms with Crippen molar-refractivity contribution in [2.75, 3.05) is 5.75 Å². The van der Waals surface area contributed by atoms with Crippen molar-refractivity contribution in [3.8, 4) is 0 Å². The smallest absolute Gasteiger partial charge is 0.327 e. The highest BCUT2D eigenvalue weighted by Gasteiger charge is 2.20. The van der Waals surface area contributed by atoms with E-state index in [1.807, 2.05) is 0 Å². The highest BCUT2D eigenvalue weighted by Crippen LogP contribution is 2.11. The molecule has 0 spiro atoms. The molecule has 86 valence electrons. The lowest BCUT2D eigenvalue weighted by molar-refractivity contribution is -0.140. The molecule has 0 aliphatic carbocycles. The zero-order valence-electron chi connectivity index (χ0n) is 8.94. The first-order valence-corrected chi connectivity index (χ1v) is 5.49. The molecule has 0 aliphatic rings. The van der Waals surface area contributed by atoms with Crippen molar-refractivity contribution in [1.29, 1.82) is 0 Å². The molecule has 0 rings (SSSR count). The second-order valence-corrected chi connectivity index (χ2v) is 4.40. The van der Waals surface area contributed by atoms with Gasteiger partial charge < -0.3 is 10.4 Å². The van der Waals surface area contributed by atoms with E-state index in [4.69, 9.17) is 5.11 Å². The number of hydrogen-bond donors (Lipinski definition) is 2. The fraction of sp³-hybridized carbons (Fsp3) is 0.667. The number of carboxylic acids is 1. The molecule has 1 unspecified atom stereocenters. The Bertz CT molecular complexity index is 265. The lowest BCUT2D eigenvalue weighted by Gasteiger charge is -2.12. The molecule has 0 aromatic rings. The molecule has 0 aliphatic heterocycles. The van der Waals surface area contributed by atoms with Crippen molar-refractivity contribution in [2.45, 2.75) is 26.8 Å². The first-order valence-electron chi connectivity index (χ1n) is 4.51. The quantitative estimate of drug-likeness (QED) is 0.722. The van der Waals surface area contributed by atoms with Crippen molar-refractivity contribution >= 4 is 28.8 Å². The SMILES string of the molecule is CC(=O)NC(CSC(=O)C(C)C)C(=O)O. The number of amides is 1. The number of carboxylic acid groups (broad SMARTS) is 1. The van der Waals surface area contributed by atoms with Crippen LogP contribution >= 0.6 is 11.8 Å². The minimum Gasteiger partial charge on any atom is -0.480 e. The summed E-state index contributed by atoms with van der Waals surface area (Å²) >= 11 is 0.928. The summed E-state index contributed by atoms with van der Waals surface area (Å²) < 4.78 is 0. The second-order valence-electron chi connectivity index (χ2n) is 3.38. The summed E-state index contributed by atoms with van der Waals surface area (Å²) in [6, 6.07) is -1.00. The summed E-state index contributed by atoms with van der Waals surface area (Å²) in [6.45, 7) is 4.72. The number of carbonyl (C=O) groups is 3. The molecule has 6 heteroatoms. The van der Waals surface area contributed by atoms with E-state index in [0.717, 1.165) is 11.8 Å². The number of nitrogens with one attached hydrogen (secondary N) is 1. The van der Waals surface area contributed by atoms with Crippen LogP contribution in [0.25, 0.3) is 0 Å². The Morgan fingerprint density at radius 2 is 1.87 bits per heavy atom. The molecule has 1 amide bonds. The Balaban J connectivity index is 4.13. The Labute approximate surface area is 92.6 Å². The highest BCUT2D eigenvalue weighted by atomic mass is 32.2. The third kappa shape index (κ3) is 6.11. The molecule has 0 aromatic heterocycles. The van der Waals surface area contributed by atoms with Gasteiger partial charge in [-0.2, -0.15) is 0 Å². The van der Waals surface area contributed by atoms with Crippen LogP contribution in [0.1, 0.15) is 20.8 Å². The van der Waals surface area contributed by atoms with Gasteiger partial charge in [-0.3, -0.25) is 9.59 Å². The summed E-state index contributed by atoms with van der Waals surface area (Å²) in [5.41, 5.74) is 0. The van der Waals surface area contributed by atoms with Crippen molar-refractivity contribution < 1.29 is 19.5 Å². The molecule has 2 N–H and O–H groups in total. The van der Waals surface area contributed by atoms with Crippen molar-refractivity contribution in [3.63, 3.8) is 0 Å². The third-order valence-corrected chi connectivity index (χ3v) is 2.80. The van der Waals surface area contributed by atoms with Crippen LogP contribution in [0, 0.1) is 5.92 Å². The average Bonchev–Trinajstić information content (AvgIpc) is 2.10. The van der Waals surface area contributed by atoms with E-state index in [-0.39, 0.29) is 16.8 Å². The summed E-state index contributed by atoms with van der Waals surface area (Å²) in [5, 5.41) is 10.9. The van der Waals surface area contributed by atoms with Gasteiger partial charge in [0.2, 0.25) is 5.91 Å². The summed E-state index contributed by atoms with van der Waals surface area (Å²) in [7, 11) is 0. The zero-order chi connectivity index (χ0) is 12.0. The molecule has 0 heterocycles. The molecule has 0 saturated carbocycles. The van der Waals surface area contributed by atoms with Gasteiger partial charge >= 0.3 is 5.97 Å². The van der Waals surface area contributed by atoms with E-state index in [2.05, 4.69) is 5.32 Å². The normalized spacial score (nSPS) is 12.3. The minimum absolute atomic E-state index is 0.0614. The molecule has 1 atom stereocenters. The molecule has 15 heavy (non-hydrogen) atoms. The molecule has 0 aromatic carbocycles. The monoisotopic (exact) mass is 233 g/mol. The van der Waals surface area contributed by atoms with Crippen molar-refractivity contribution in [3.05, 3.63) is 0 Å². The van der Waals surface area contributed by atoms with Crippen LogP contribution in [0.5, 0.6) is 0 Å². The maximum atomic E-state index is 11.2. The Hall–Kier alpha value is -1.04. The Morgan fingerprint density at radius 1 is 1.33 bits per heavy atom. The summed E-state index contributed by atoms with van der Waals surface area (Å²) in [5.74, 6) is -1.62. The number of aliphatic carboxylic acids is 1. The van der Waals surface area contributed by atoms with Crippen molar-refractivity contribution in [2.24, 2.45) is 5.92 Å². The zero-order valence-corrected chi connectivity index (χ0v) is 9.76. The lowest BCUT2D eigenvalue weighted by Crippen LogP contribution is -2.41. The topological polar surface area (TPSA) is 83.5 Å². The Morgan fingerprint density at radius 3 is 2.20 bits per heavy atom. The average molecular weight is 233 g/mol. The van der Waals surface area contributed by atoms with E-state index in [9.17, 15) is 14.4 Å². The predicted molar refractivity (Wildman–Crippen MR) is 57.5 cm³/mol. The number of hydrogen-bond acceptors (Lipinski definition) is 4. The van der Waals surface area contributed by atoms with Gasteiger partial charge in [-0.1, -0.05) is 25.6 Å². The highest BCUT2D eigenvalue weighted by molar-refractivity contribution is 8.13. The molecule has 5 nitrogen and oxygen atoms in total. The maximum absolute atomic E-state index is 11.2. The van der Waals surface area contributed by atoms with Gasteiger partial charge in [0.05, 0.1) is 0 Å². The van der Waals surface area contributed by atoms with Crippen LogP contribution in [-0.2, 0) is 14.4 Å². The molecule has 0 radical (unpaired) electrons. The van der Waals surface area contributed by atoms with Crippen LogP contribution in [0.3, 0.4) is 0 Å². The van der Waals surface area contributed by atoms with Gasteiger partial charge in [0.1, 0.15) is 6.04 Å². The first kappa shape index (κ1) is 14.0.